The Hall–Kier alpha value is -0.400. The van der Waals surface area contributed by atoms with Crippen LogP contribution in [0.4, 0.5) is 0 Å². The Morgan fingerprint density at radius 2 is 1.25 bits per heavy atom. The molecule has 4 bridgehead atoms. The van der Waals surface area contributed by atoms with Gasteiger partial charge in [0.15, 0.2) is 0 Å². The van der Waals surface area contributed by atoms with Crippen molar-refractivity contribution in [1.82, 2.24) is 0 Å². The Morgan fingerprint density at radius 3 is 1.69 bits per heavy atom. The Labute approximate surface area is 97.9 Å². The lowest BCUT2D eigenvalue weighted by Gasteiger charge is -2.38. The van der Waals surface area contributed by atoms with Crippen LogP contribution in [0.2, 0.25) is 0 Å². The fourth-order valence-corrected chi connectivity index (χ4v) is 5.85. The smallest absolute Gasteiger partial charge is 0.0896 e. The second-order valence-corrected chi connectivity index (χ2v) is 7.50. The van der Waals surface area contributed by atoms with Gasteiger partial charge in [0, 0.05) is 5.41 Å². The molecule has 3 fully saturated rings. The third-order valence-corrected chi connectivity index (χ3v) is 7.21. The lowest BCUT2D eigenvalue weighted by molar-refractivity contribution is 0.142. The maximum atomic E-state index is 4.75. The van der Waals surface area contributed by atoms with E-state index in [2.05, 4.69) is 27.7 Å². The summed E-state index contributed by atoms with van der Waals surface area (Å²) < 4.78 is 0. The van der Waals surface area contributed by atoms with Crippen LogP contribution in [0.5, 0.6) is 0 Å². The molecule has 0 amide bonds. The topological polar surface area (TPSA) is 24.7 Å². The van der Waals surface area contributed by atoms with Gasteiger partial charge in [-0.05, 0) is 56.8 Å². The molecule has 0 unspecified atom stereocenters. The Morgan fingerprint density at radius 1 is 0.812 bits per heavy atom. The summed E-state index contributed by atoms with van der Waals surface area (Å²) in [5.74, 6) is 3.59. The van der Waals surface area contributed by atoms with Crippen molar-refractivity contribution in [2.75, 3.05) is 0 Å². The third-order valence-electron chi connectivity index (χ3n) is 7.21. The maximum Gasteiger partial charge on any atom is 0.0896 e. The number of nitrogens with zero attached hydrogens (tertiary/aromatic N) is 2. The summed E-state index contributed by atoms with van der Waals surface area (Å²) in [5, 5.41) is 9.49. The Bertz CT molecular complexity index is 366. The summed E-state index contributed by atoms with van der Waals surface area (Å²) in [4.78, 5) is 0. The van der Waals surface area contributed by atoms with Crippen molar-refractivity contribution < 1.29 is 0 Å². The second-order valence-electron chi connectivity index (χ2n) is 7.50. The van der Waals surface area contributed by atoms with Crippen LogP contribution >= 0.6 is 0 Å². The van der Waals surface area contributed by atoms with Crippen LogP contribution in [0, 0.1) is 29.1 Å². The predicted octanol–water partition coefficient (Wildman–Crippen LogP) is 3.67. The second kappa shape index (κ2) is 2.26. The molecule has 4 rings (SSSR count). The Kier molecular flexibility index (Phi) is 1.36. The largest absolute Gasteiger partial charge is 0.186 e. The minimum atomic E-state index is 0.131. The molecule has 3 saturated carbocycles. The maximum absolute atomic E-state index is 4.75. The zero-order chi connectivity index (χ0) is 11.3. The molecule has 2 nitrogen and oxygen atoms in total. The van der Waals surface area contributed by atoms with E-state index in [0.29, 0.717) is 0 Å². The van der Waals surface area contributed by atoms with Crippen molar-refractivity contribution in [2.45, 2.75) is 58.0 Å². The molecular formula is C14H22N2. The highest BCUT2D eigenvalue weighted by Crippen LogP contribution is 2.75. The molecule has 0 aromatic carbocycles. The molecule has 2 heteroatoms. The quantitative estimate of drug-likeness (QED) is 0.554. The highest BCUT2D eigenvalue weighted by atomic mass is 15.3. The van der Waals surface area contributed by atoms with E-state index < -0.39 is 0 Å². The molecular weight excluding hydrogens is 196 g/mol. The predicted molar refractivity (Wildman–Crippen MR) is 63.3 cm³/mol. The minimum Gasteiger partial charge on any atom is -0.186 e. The van der Waals surface area contributed by atoms with Crippen molar-refractivity contribution in [3.63, 3.8) is 0 Å². The van der Waals surface area contributed by atoms with E-state index >= 15 is 0 Å². The van der Waals surface area contributed by atoms with Crippen LogP contribution in [0.15, 0.2) is 10.2 Å². The van der Waals surface area contributed by atoms with Crippen LogP contribution in [-0.2, 0) is 0 Å². The van der Waals surface area contributed by atoms with E-state index in [9.17, 15) is 0 Å². The molecule has 0 aromatic heterocycles. The van der Waals surface area contributed by atoms with Crippen LogP contribution in [0.25, 0.3) is 0 Å². The molecule has 88 valence electrons. The zero-order valence-electron chi connectivity index (χ0n) is 10.8. The van der Waals surface area contributed by atoms with Gasteiger partial charge in [-0.1, -0.05) is 13.8 Å². The zero-order valence-corrected chi connectivity index (χ0v) is 10.8. The molecule has 6 atom stereocenters. The van der Waals surface area contributed by atoms with E-state index in [1.807, 2.05) is 0 Å². The van der Waals surface area contributed by atoms with Crippen molar-refractivity contribution in [2.24, 2.45) is 39.3 Å². The first-order chi connectivity index (χ1) is 7.42. The average molecular weight is 218 g/mol. The number of hydrogen-bond donors (Lipinski definition) is 0. The lowest BCUT2D eigenvalue weighted by Crippen LogP contribution is -2.45. The summed E-state index contributed by atoms with van der Waals surface area (Å²) >= 11 is 0. The van der Waals surface area contributed by atoms with Gasteiger partial charge in [-0.25, -0.2) is 0 Å². The molecule has 1 aliphatic heterocycles. The van der Waals surface area contributed by atoms with Gasteiger partial charge in [-0.2, -0.15) is 10.2 Å². The molecule has 0 radical (unpaired) electrons. The molecule has 0 spiro atoms. The van der Waals surface area contributed by atoms with Crippen LogP contribution in [0.1, 0.15) is 47.0 Å². The van der Waals surface area contributed by atoms with Crippen molar-refractivity contribution in [3.05, 3.63) is 0 Å². The van der Waals surface area contributed by atoms with Crippen LogP contribution < -0.4 is 0 Å². The highest BCUT2D eigenvalue weighted by molar-refractivity contribution is 5.30. The van der Waals surface area contributed by atoms with Crippen LogP contribution in [-0.4, -0.2) is 11.1 Å². The fourth-order valence-electron chi connectivity index (χ4n) is 5.85. The first-order valence-electron chi connectivity index (χ1n) is 6.86. The van der Waals surface area contributed by atoms with Gasteiger partial charge in [-0.3, -0.25) is 0 Å². The summed E-state index contributed by atoms with van der Waals surface area (Å²) in [6.07, 6.45) is 4.40. The summed E-state index contributed by atoms with van der Waals surface area (Å²) in [7, 11) is 0. The molecule has 0 aromatic rings. The Balaban J connectivity index is 1.95. The van der Waals surface area contributed by atoms with Gasteiger partial charge < -0.3 is 0 Å². The third kappa shape index (κ3) is 0.651. The lowest BCUT2D eigenvalue weighted by atomic mass is 9.66. The molecule has 0 N–H and O–H groups in total. The average Bonchev–Trinajstić information content (AvgIpc) is 2.89. The van der Waals surface area contributed by atoms with E-state index in [4.69, 9.17) is 10.2 Å². The van der Waals surface area contributed by atoms with Gasteiger partial charge in [0.25, 0.3) is 0 Å². The SMILES string of the molecule is CC1(C)[C@@]2(C)N=N[C@]1(C)[C@@H]1[C@H]3CC[C@H](C3)[C@@H]12. The molecule has 3 aliphatic carbocycles. The van der Waals surface area contributed by atoms with Crippen molar-refractivity contribution in [1.29, 1.82) is 0 Å². The van der Waals surface area contributed by atoms with Gasteiger partial charge >= 0.3 is 0 Å². The number of azo groups is 1. The molecule has 0 saturated heterocycles. The van der Waals surface area contributed by atoms with Gasteiger partial charge in [0.1, 0.15) is 0 Å². The molecule has 4 aliphatic rings. The van der Waals surface area contributed by atoms with Crippen LogP contribution in [0.3, 0.4) is 0 Å². The number of rotatable bonds is 0. The number of fused-ring (bicyclic) bond motifs is 9. The summed E-state index contributed by atoms with van der Waals surface area (Å²) in [5.41, 5.74) is 0.523. The fraction of sp³-hybridized carbons (Fsp3) is 1.00. The van der Waals surface area contributed by atoms with E-state index in [0.717, 1.165) is 23.7 Å². The normalized spacial score (nSPS) is 64.2. The van der Waals surface area contributed by atoms with Crippen molar-refractivity contribution in [3.8, 4) is 0 Å². The van der Waals surface area contributed by atoms with E-state index in [1.165, 1.54) is 19.3 Å². The van der Waals surface area contributed by atoms with Gasteiger partial charge in [0.05, 0.1) is 11.1 Å². The monoisotopic (exact) mass is 218 g/mol. The van der Waals surface area contributed by atoms with Gasteiger partial charge in [0.2, 0.25) is 0 Å². The molecule has 1 heterocycles. The molecule has 16 heavy (non-hydrogen) atoms. The van der Waals surface area contributed by atoms with E-state index in [-0.39, 0.29) is 16.5 Å². The standard InChI is InChI=1S/C14H22N2/c1-12(2)13(3)10-8-5-6-9(7-8)11(10)14(12,4)16-15-13/h8-11H,5-7H2,1-4H3/t8-,9+,10+,11-,13+,14-. The van der Waals surface area contributed by atoms with Crippen molar-refractivity contribution >= 4 is 0 Å². The summed E-state index contributed by atoms with van der Waals surface area (Å²) in [6, 6.07) is 0. The summed E-state index contributed by atoms with van der Waals surface area (Å²) in [6.45, 7) is 9.58. The first-order valence-corrected chi connectivity index (χ1v) is 6.86. The minimum absolute atomic E-state index is 0.131. The van der Waals surface area contributed by atoms with E-state index in [1.54, 1.807) is 0 Å². The number of hydrogen-bond acceptors (Lipinski definition) is 2. The highest BCUT2D eigenvalue weighted by Gasteiger charge is 2.77. The van der Waals surface area contributed by atoms with Gasteiger partial charge in [-0.15, -0.1) is 0 Å². The first kappa shape index (κ1) is 9.61.